The van der Waals surface area contributed by atoms with E-state index in [1.54, 1.807) is 30.1 Å². The Morgan fingerprint density at radius 3 is 2.62 bits per heavy atom. The average Bonchev–Trinajstić information content (AvgIpc) is 3.34. The molecule has 2 N–H and O–H groups in total. The minimum absolute atomic E-state index is 0.0707. The summed E-state index contributed by atoms with van der Waals surface area (Å²) in [6.45, 7) is 7.57. The minimum Gasteiger partial charge on any atom is -0.383 e. The third-order valence-corrected chi connectivity index (χ3v) is 10.1. The number of nitrogens with zero attached hydrogens (tertiary/aromatic N) is 4. The first kappa shape index (κ1) is 31.0. The molecule has 0 unspecified atom stereocenters. The zero-order chi connectivity index (χ0) is 31.3. The number of anilines is 4. The molecule has 6 rings (SSSR count). The van der Waals surface area contributed by atoms with Gasteiger partial charge in [0.2, 0.25) is 0 Å². The van der Waals surface area contributed by atoms with Crippen molar-refractivity contribution in [3.8, 4) is 11.1 Å². The number of nitrogens with one attached hydrogen (secondary N) is 2. The monoisotopic (exact) mass is 626 g/mol. The third-order valence-electron chi connectivity index (χ3n) is 8.91. The van der Waals surface area contributed by atoms with Crippen molar-refractivity contribution in [1.29, 1.82) is 0 Å². The number of methoxy groups -OCH3 is 1. The highest BCUT2D eigenvalue weighted by Gasteiger charge is 2.19. The predicted molar refractivity (Wildman–Crippen MR) is 183 cm³/mol. The molecule has 9 nitrogen and oxygen atoms in total. The molecule has 0 radical (unpaired) electrons. The summed E-state index contributed by atoms with van der Waals surface area (Å²) in [5.41, 5.74) is 6.23. The summed E-state index contributed by atoms with van der Waals surface area (Å²) in [6, 6.07) is 13.8. The highest BCUT2D eigenvalue weighted by molar-refractivity contribution is 7.14. The van der Waals surface area contributed by atoms with E-state index in [-0.39, 0.29) is 11.5 Å². The lowest BCUT2D eigenvalue weighted by Crippen LogP contribution is -2.47. The fraction of sp³-hybridized carbons (Fsp3) is 0.400. The lowest BCUT2D eigenvalue weighted by Gasteiger charge is -2.35. The standard InChI is InChI=1S/C35H42N6O3S/c1-24-28(9-7-10-29(24)38-34(42)32-21-25-8-5-4-6-11-31(25)45-32)26-20-30(35(43)39(2)23-26)37-33-13-12-27(22-36-33)41-16-14-40(15-17-41)18-19-44-3/h7,9-10,12-13,20-23H,4-6,8,11,14-19H2,1-3H3,(H,36,37)(H,38,42). The lowest BCUT2D eigenvalue weighted by atomic mass is 10.00. The normalized spacial score (nSPS) is 15.4. The summed E-state index contributed by atoms with van der Waals surface area (Å²) in [5, 5.41) is 6.40. The Labute approximate surface area is 268 Å². The summed E-state index contributed by atoms with van der Waals surface area (Å²) < 4.78 is 6.79. The highest BCUT2D eigenvalue weighted by atomic mass is 32.1. The number of amides is 1. The van der Waals surface area contributed by atoms with Crippen LogP contribution < -0.4 is 21.1 Å². The Hall–Kier alpha value is -3.99. The SMILES string of the molecule is COCCN1CCN(c2ccc(Nc3cc(-c4cccc(NC(=O)c5cc6c(s5)CCCCC6)c4C)cn(C)c3=O)nc2)CC1. The lowest BCUT2D eigenvalue weighted by molar-refractivity contribution is 0.103. The second kappa shape index (κ2) is 14.0. The molecule has 4 aromatic rings. The number of aryl methyl sites for hydroxylation is 3. The molecule has 0 atom stereocenters. The number of piperazine rings is 1. The van der Waals surface area contributed by atoms with E-state index in [9.17, 15) is 9.59 Å². The number of ether oxygens (including phenoxy) is 1. The Kier molecular flexibility index (Phi) is 9.63. The summed E-state index contributed by atoms with van der Waals surface area (Å²) in [4.78, 5) is 37.9. The zero-order valence-electron chi connectivity index (χ0n) is 26.4. The molecule has 1 aromatic carbocycles. The number of aromatic nitrogens is 2. The molecule has 45 heavy (non-hydrogen) atoms. The summed E-state index contributed by atoms with van der Waals surface area (Å²) in [7, 11) is 3.49. The van der Waals surface area contributed by atoms with Crippen molar-refractivity contribution in [3.05, 3.63) is 86.1 Å². The van der Waals surface area contributed by atoms with E-state index in [1.807, 2.05) is 49.6 Å². The van der Waals surface area contributed by atoms with Crippen LogP contribution in [0.4, 0.5) is 22.9 Å². The second-order valence-corrected chi connectivity index (χ2v) is 13.1. The van der Waals surface area contributed by atoms with Crippen molar-refractivity contribution in [2.75, 3.05) is 62.0 Å². The first-order chi connectivity index (χ1) is 21.9. The maximum Gasteiger partial charge on any atom is 0.274 e. The Bertz CT molecular complexity index is 1680. The van der Waals surface area contributed by atoms with E-state index in [1.165, 1.54) is 29.7 Å². The van der Waals surface area contributed by atoms with E-state index in [4.69, 9.17) is 4.74 Å². The van der Waals surface area contributed by atoms with Gasteiger partial charge in [-0.1, -0.05) is 18.6 Å². The number of hydrogen-bond acceptors (Lipinski definition) is 8. The first-order valence-electron chi connectivity index (χ1n) is 15.8. The number of carbonyl (C=O) groups excluding carboxylic acids is 1. The maximum atomic E-state index is 13.3. The molecule has 2 aliphatic rings. The molecule has 1 aliphatic carbocycles. The van der Waals surface area contributed by atoms with Gasteiger partial charge in [0.1, 0.15) is 11.5 Å². The van der Waals surface area contributed by atoms with Crippen LogP contribution in [0.3, 0.4) is 0 Å². The molecular formula is C35H42N6O3S. The van der Waals surface area contributed by atoms with Gasteiger partial charge in [-0.15, -0.1) is 11.3 Å². The minimum atomic E-state index is -0.142. The van der Waals surface area contributed by atoms with Crippen molar-refractivity contribution >= 4 is 40.1 Å². The average molecular weight is 627 g/mol. The van der Waals surface area contributed by atoms with Gasteiger partial charge in [-0.2, -0.15) is 0 Å². The number of pyridine rings is 2. The van der Waals surface area contributed by atoms with E-state index < -0.39 is 0 Å². The number of benzene rings is 1. The van der Waals surface area contributed by atoms with E-state index in [2.05, 4.69) is 37.6 Å². The van der Waals surface area contributed by atoms with Gasteiger partial charge in [0.25, 0.3) is 11.5 Å². The number of thiophene rings is 1. The topological polar surface area (TPSA) is 91.7 Å². The van der Waals surface area contributed by atoms with Gasteiger partial charge in [0, 0.05) is 69.2 Å². The van der Waals surface area contributed by atoms with Crippen molar-refractivity contribution in [2.24, 2.45) is 7.05 Å². The van der Waals surface area contributed by atoms with Crippen LogP contribution >= 0.6 is 11.3 Å². The smallest absolute Gasteiger partial charge is 0.274 e. The number of hydrogen-bond donors (Lipinski definition) is 2. The number of carbonyl (C=O) groups is 1. The van der Waals surface area contributed by atoms with Gasteiger partial charge in [0.05, 0.1) is 23.4 Å². The van der Waals surface area contributed by atoms with Crippen LogP contribution in [0.1, 0.15) is 44.9 Å². The highest BCUT2D eigenvalue weighted by Crippen LogP contribution is 2.32. The number of rotatable bonds is 9. The molecule has 4 heterocycles. The third kappa shape index (κ3) is 7.13. The van der Waals surface area contributed by atoms with Gasteiger partial charge in [-0.05, 0) is 79.6 Å². The van der Waals surface area contributed by atoms with Crippen LogP contribution in [0.15, 0.2) is 59.7 Å². The van der Waals surface area contributed by atoms with Gasteiger partial charge in [0.15, 0.2) is 0 Å². The summed E-state index contributed by atoms with van der Waals surface area (Å²) >= 11 is 1.63. The fourth-order valence-electron chi connectivity index (χ4n) is 6.23. The molecule has 236 valence electrons. The Balaban J connectivity index is 1.16. The maximum absolute atomic E-state index is 13.3. The molecule has 3 aromatic heterocycles. The molecule has 1 saturated heterocycles. The molecule has 10 heteroatoms. The van der Waals surface area contributed by atoms with Crippen molar-refractivity contribution in [2.45, 2.75) is 39.0 Å². The quantitative estimate of drug-likeness (QED) is 0.225. The van der Waals surface area contributed by atoms with Crippen LogP contribution in [0.2, 0.25) is 0 Å². The van der Waals surface area contributed by atoms with Gasteiger partial charge < -0.3 is 24.8 Å². The van der Waals surface area contributed by atoms with Crippen LogP contribution in [0.25, 0.3) is 11.1 Å². The van der Waals surface area contributed by atoms with E-state index in [0.29, 0.717) is 11.5 Å². The molecule has 1 fully saturated rings. The van der Waals surface area contributed by atoms with Gasteiger partial charge >= 0.3 is 0 Å². The Morgan fingerprint density at radius 1 is 1.02 bits per heavy atom. The Morgan fingerprint density at radius 2 is 1.84 bits per heavy atom. The molecular weight excluding hydrogens is 584 g/mol. The van der Waals surface area contributed by atoms with Crippen LogP contribution in [0, 0.1) is 6.92 Å². The van der Waals surface area contributed by atoms with Crippen LogP contribution in [-0.4, -0.2) is 66.8 Å². The van der Waals surface area contributed by atoms with Crippen molar-refractivity contribution < 1.29 is 9.53 Å². The largest absolute Gasteiger partial charge is 0.383 e. The molecule has 0 spiro atoms. The van der Waals surface area contributed by atoms with Crippen LogP contribution in [0.5, 0.6) is 0 Å². The van der Waals surface area contributed by atoms with Gasteiger partial charge in [-0.3, -0.25) is 14.5 Å². The van der Waals surface area contributed by atoms with E-state index >= 15 is 0 Å². The van der Waals surface area contributed by atoms with Crippen LogP contribution in [-0.2, 0) is 24.6 Å². The zero-order valence-corrected chi connectivity index (χ0v) is 27.2. The van der Waals surface area contributed by atoms with Crippen molar-refractivity contribution in [1.82, 2.24) is 14.5 Å². The fourth-order valence-corrected chi connectivity index (χ4v) is 7.38. The molecule has 0 saturated carbocycles. The van der Waals surface area contributed by atoms with Gasteiger partial charge in [-0.25, -0.2) is 4.98 Å². The van der Waals surface area contributed by atoms with E-state index in [0.717, 1.165) is 85.1 Å². The predicted octanol–water partition coefficient (Wildman–Crippen LogP) is 5.85. The molecule has 1 amide bonds. The summed E-state index contributed by atoms with van der Waals surface area (Å²) in [6.07, 6.45) is 9.47. The van der Waals surface area contributed by atoms with Crippen molar-refractivity contribution in [3.63, 3.8) is 0 Å². The number of fused-ring (bicyclic) bond motifs is 1. The first-order valence-corrected chi connectivity index (χ1v) is 16.6. The molecule has 1 aliphatic heterocycles. The summed E-state index contributed by atoms with van der Waals surface area (Å²) in [5.74, 6) is 0.539. The second-order valence-electron chi connectivity index (χ2n) is 12.0. The molecule has 0 bridgehead atoms.